The van der Waals surface area contributed by atoms with Crippen molar-refractivity contribution >= 4 is 17.1 Å². The van der Waals surface area contributed by atoms with E-state index < -0.39 is 29.4 Å². The quantitative estimate of drug-likeness (QED) is 0.259. The number of carbonyl (C=O) groups excluding carboxylic acids is 1. The second-order valence-electron chi connectivity index (χ2n) is 10.3. The van der Waals surface area contributed by atoms with E-state index in [1.165, 1.54) is 12.1 Å². The molecule has 0 spiro atoms. The smallest absolute Gasteiger partial charge is 0.418 e. The number of hydrogen-bond acceptors (Lipinski definition) is 6. The summed E-state index contributed by atoms with van der Waals surface area (Å²) in [6, 6.07) is 20.7. The molecule has 220 valence electrons. The van der Waals surface area contributed by atoms with Gasteiger partial charge in [-0.3, -0.25) is 4.79 Å². The van der Waals surface area contributed by atoms with Crippen LogP contribution in [0, 0.1) is 6.92 Å². The van der Waals surface area contributed by atoms with Crippen LogP contribution in [-0.2, 0) is 18.0 Å². The van der Waals surface area contributed by atoms with Gasteiger partial charge in [-0.05, 0) is 43.0 Å². The fraction of sp³-hybridized carbons (Fsp3) is 0.312. The molecule has 1 fully saturated rings. The van der Waals surface area contributed by atoms with Crippen molar-refractivity contribution in [2.45, 2.75) is 51.2 Å². The van der Waals surface area contributed by atoms with Crippen LogP contribution in [0.2, 0.25) is 0 Å². The van der Waals surface area contributed by atoms with Crippen LogP contribution < -0.4 is 10.2 Å². The average Bonchev–Trinajstić information content (AvgIpc) is 3.00. The molecule has 1 N–H and O–H groups in total. The zero-order chi connectivity index (χ0) is 29.9. The highest BCUT2D eigenvalue weighted by Crippen LogP contribution is 2.42. The second kappa shape index (κ2) is 12.3. The Morgan fingerprint density at radius 3 is 2.17 bits per heavy atom. The normalized spacial score (nSPS) is 15.0. The first-order chi connectivity index (χ1) is 20.1. The predicted molar refractivity (Wildman–Crippen MR) is 149 cm³/mol. The summed E-state index contributed by atoms with van der Waals surface area (Å²) in [5, 5.41) is 10.3. The van der Waals surface area contributed by atoms with E-state index in [-0.39, 0.29) is 47.2 Å². The number of carbonyl (C=O) groups is 1. The lowest BCUT2D eigenvalue weighted by Crippen LogP contribution is -2.38. The first-order valence-electron chi connectivity index (χ1n) is 13.6. The van der Waals surface area contributed by atoms with Gasteiger partial charge in [0.2, 0.25) is 0 Å². The van der Waals surface area contributed by atoms with Gasteiger partial charge in [0.1, 0.15) is 30.3 Å². The van der Waals surface area contributed by atoms with E-state index in [4.69, 9.17) is 13.9 Å². The summed E-state index contributed by atoms with van der Waals surface area (Å²) in [5.41, 5.74) is 0.361. The SMILES string of the molecule is Cc1c(C2CCN(C(=O)OCc3ccccc3)CC2)oc2c(C(O)C(F)(F)F)c(OCc3ccccc3)ccc2c1=O. The van der Waals surface area contributed by atoms with Gasteiger partial charge < -0.3 is 23.9 Å². The van der Waals surface area contributed by atoms with E-state index in [0.717, 1.165) is 5.56 Å². The molecule has 0 aliphatic carbocycles. The van der Waals surface area contributed by atoms with E-state index in [2.05, 4.69) is 0 Å². The Kier molecular flexibility index (Phi) is 8.54. The van der Waals surface area contributed by atoms with Gasteiger partial charge in [0, 0.05) is 24.6 Å². The molecule has 1 atom stereocenters. The van der Waals surface area contributed by atoms with Crippen molar-refractivity contribution < 1.29 is 37.0 Å². The van der Waals surface area contributed by atoms with E-state index >= 15 is 0 Å². The number of alkyl halides is 3. The van der Waals surface area contributed by atoms with Gasteiger partial charge in [-0.25, -0.2) is 4.79 Å². The molecule has 1 aromatic heterocycles. The number of halogens is 3. The fourth-order valence-corrected chi connectivity index (χ4v) is 5.18. The number of benzene rings is 3. The van der Waals surface area contributed by atoms with Crippen molar-refractivity contribution in [1.82, 2.24) is 4.90 Å². The molecule has 1 amide bonds. The summed E-state index contributed by atoms with van der Waals surface area (Å²) in [4.78, 5) is 27.5. The van der Waals surface area contributed by atoms with Gasteiger partial charge in [0.25, 0.3) is 0 Å². The van der Waals surface area contributed by atoms with Crippen LogP contribution >= 0.6 is 0 Å². The lowest BCUT2D eigenvalue weighted by atomic mass is 9.91. The third-order valence-electron chi connectivity index (χ3n) is 7.47. The lowest BCUT2D eigenvalue weighted by molar-refractivity contribution is -0.207. The molecule has 7 nitrogen and oxygen atoms in total. The Hall–Kier alpha value is -4.31. The minimum atomic E-state index is -5.03. The summed E-state index contributed by atoms with van der Waals surface area (Å²) < 4.78 is 58.8. The van der Waals surface area contributed by atoms with Crippen LogP contribution in [0.15, 0.2) is 82.0 Å². The van der Waals surface area contributed by atoms with Crippen LogP contribution in [0.5, 0.6) is 5.75 Å². The van der Waals surface area contributed by atoms with Crippen molar-refractivity contribution in [3.05, 3.63) is 111 Å². The molecule has 4 aromatic rings. The van der Waals surface area contributed by atoms with Crippen LogP contribution in [0.1, 0.15) is 52.9 Å². The molecule has 42 heavy (non-hydrogen) atoms. The van der Waals surface area contributed by atoms with Gasteiger partial charge in [-0.2, -0.15) is 13.2 Å². The van der Waals surface area contributed by atoms with E-state index in [9.17, 15) is 27.9 Å². The largest absolute Gasteiger partial charge is 0.488 e. The molecule has 1 unspecified atom stereocenters. The lowest BCUT2D eigenvalue weighted by Gasteiger charge is -2.31. The van der Waals surface area contributed by atoms with Crippen molar-refractivity contribution in [2.75, 3.05) is 13.1 Å². The molecule has 3 aromatic carbocycles. The average molecular weight is 582 g/mol. The minimum Gasteiger partial charge on any atom is -0.488 e. The van der Waals surface area contributed by atoms with E-state index in [1.54, 1.807) is 42.2 Å². The summed E-state index contributed by atoms with van der Waals surface area (Å²) >= 11 is 0. The zero-order valence-corrected chi connectivity index (χ0v) is 22.9. The maximum absolute atomic E-state index is 13.9. The molecule has 2 heterocycles. The highest BCUT2D eigenvalue weighted by Gasteiger charge is 2.43. The second-order valence-corrected chi connectivity index (χ2v) is 10.3. The Bertz CT molecular complexity index is 1600. The molecule has 5 rings (SSSR count). The summed E-state index contributed by atoms with van der Waals surface area (Å²) in [7, 11) is 0. The summed E-state index contributed by atoms with van der Waals surface area (Å²) in [6.07, 6.45) is -7.61. The van der Waals surface area contributed by atoms with Crippen molar-refractivity contribution in [3.8, 4) is 5.75 Å². The predicted octanol–water partition coefficient (Wildman–Crippen LogP) is 6.79. The fourth-order valence-electron chi connectivity index (χ4n) is 5.18. The number of likely N-dealkylation sites (tertiary alicyclic amines) is 1. The Balaban J connectivity index is 1.42. The summed E-state index contributed by atoms with van der Waals surface area (Å²) in [6.45, 7) is 2.29. The molecule has 0 bridgehead atoms. The van der Waals surface area contributed by atoms with Gasteiger partial charge in [0.05, 0.1) is 10.9 Å². The molecule has 0 saturated carbocycles. The topological polar surface area (TPSA) is 89.2 Å². The molecule has 10 heteroatoms. The number of piperidine rings is 1. The third-order valence-corrected chi connectivity index (χ3v) is 7.47. The van der Waals surface area contributed by atoms with Gasteiger partial charge in [0.15, 0.2) is 11.5 Å². The van der Waals surface area contributed by atoms with Gasteiger partial charge in [-0.1, -0.05) is 60.7 Å². The minimum absolute atomic E-state index is 0.0499. The van der Waals surface area contributed by atoms with E-state index in [1.807, 2.05) is 30.3 Å². The molecule has 1 saturated heterocycles. The Labute approximate surface area is 240 Å². The third kappa shape index (κ3) is 6.28. The Morgan fingerprint density at radius 2 is 1.57 bits per heavy atom. The maximum atomic E-state index is 13.9. The molecular weight excluding hydrogens is 551 g/mol. The highest BCUT2D eigenvalue weighted by molar-refractivity contribution is 5.83. The van der Waals surface area contributed by atoms with E-state index in [0.29, 0.717) is 31.5 Å². The van der Waals surface area contributed by atoms with Crippen molar-refractivity contribution in [1.29, 1.82) is 0 Å². The number of nitrogens with zero attached hydrogens (tertiary/aromatic N) is 1. The number of rotatable bonds is 7. The van der Waals surface area contributed by atoms with Crippen LogP contribution in [-0.4, -0.2) is 35.4 Å². The van der Waals surface area contributed by atoms with Crippen molar-refractivity contribution in [3.63, 3.8) is 0 Å². The number of amides is 1. The van der Waals surface area contributed by atoms with Crippen LogP contribution in [0.3, 0.4) is 0 Å². The van der Waals surface area contributed by atoms with Gasteiger partial charge in [-0.15, -0.1) is 0 Å². The molecule has 1 aliphatic rings. The molecule has 1 aliphatic heterocycles. The molecule has 0 radical (unpaired) electrons. The summed E-state index contributed by atoms with van der Waals surface area (Å²) in [5.74, 6) is -0.323. The number of fused-ring (bicyclic) bond motifs is 1. The monoisotopic (exact) mass is 581 g/mol. The first kappa shape index (κ1) is 29.2. The Morgan fingerprint density at radius 1 is 0.976 bits per heavy atom. The number of hydrogen-bond donors (Lipinski definition) is 1. The van der Waals surface area contributed by atoms with Crippen LogP contribution in [0.4, 0.5) is 18.0 Å². The standard InChI is InChI=1S/C32H30F3NO6/c1-20-27(37)24-12-13-25(40-18-21-8-4-2-5-9-21)26(30(38)32(33,34)35)29(24)42-28(20)23-14-16-36(17-15-23)31(39)41-19-22-10-6-3-7-11-22/h2-13,23,30,38H,14-19H2,1H3. The number of aliphatic hydroxyl groups excluding tert-OH is 1. The number of aliphatic hydroxyl groups is 1. The highest BCUT2D eigenvalue weighted by atomic mass is 19.4. The van der Waals surface area contributed by atoms with Crippen LogP contribution in [0.25, 0.3) is 11.0 Å². The first-order valence-corrected chi connectivity index (χ1v) is 13.6. The zero-order valence-electron chi connectivity index (χ0n) is 22.9. The van der Waals surface area contributed by atoms with Gasteiger partial charge >= 0.3 is 12.3 Å². The van der Waals surface area contributed by atoms with Crippen molar-refractivity contribution in [2.24, 2.45) is 0 Å². The molecular formula is C32H30F3NO6. The maximum Gasteiger partial charge on any atom is 0.418 e. The number of ether oxygens (including phenoxy) is 2.